The lowest BCUT2D eigenvalue weighted by Gasteiger charge is -2.23. The van der Waals surface area contributed by atoms with Crippen LogP contribution < -0.4 is 10.1 Å². The van der Waals surface area contributed by atoms with Gasteiger partial charge in [0.1, 0.15) is 10.8 Å². The number of halogens is 2. The molecule has 1 amide bonds. The molecule has 0 spiro atoms. The van der Waals surface area contributed by atoms with Gasteiger partial charge in [0.05, 0.1) is 19.3 Å². The Morgan fingerprint density at radius 3 is 2.54 bits per heavy atom. The maximum atomic E-state index is 13.4. The molecule has 1 aromatic heterocycles. The van der Waals surface area contributed by atoms with Crippen LogP contribution in [0.3, 0.4) is 0 Å². The molecule has 2 aromatic rings. The number of nitrogens with one attached hydrogen (secondary N) is 1. The van der Waals surface area contributed by atoms with Crippen molar-refractivity contribution in [1.29, 1.82) is 0 Å². The monoisotopic (exact) mass is 720 g/mol. The van der Waals surface area contributed by atoms with Gasteiger partial charge in [-0.2, -0.15) is 0 Å². The minimum Gasteiger partial charge on any atom is -0.480 e. The molecule has 1 saturated carbocycles. The summed E-state index contributed by atoms with van der Waals surface area (Å²) in [5.41, 5.74) is 2.91. The number of fused-ring (bicyclic) bond motifs is 1. The summed E-state index contributed by atoms with van der Waals surface area (Å²) in [4.78, 5) is 31.2. The molecule has 2 aliphatic carbocycles. The van der Waals surface area contributed by atoms with Crippen molar-refractivity contribution in [3.05, 3.63) is 40.8 Å². The standard InChI is InChI=1S/C26H30I2N2O4S/c1-2-33-22(31)15-34-24-19(27)12-16(13-20(24)28)14-29-26-23(18-10-6-7-11-21(18)35-26)25(32)30-17-8-4-3-5-9-17/h12-14,17H,2-11,15H2,1H3,(H,30,32). The van der Waals surface area contributed by atoms with Gasteiger partial charge in [0.15, 0.2) is 6.61 Å². The molecule has 9 heteroatoms. The van der Waals surface area contributed by atoms with Crippen molar-refractivity contribution >= 4 is 79.6 Å². The summed E-state index contributed by atoms with van der Waals surface area (Å²) in [6.07, 6.45) is 11.9. The van der Waals surface area contributed by atoms with E-state index in [1.165, 1.54) is 36.1 Å². The van der Waals surface area contributed by atoms with Crippen LogP contribution in [0.15, 0.2) is 17.1 Å². The van der Waals surface area contributed by atoms with Gasteiger partial charge in [-0.3, -0.25) is 4.79 Å². The van der Waals surface area contributed by atoms with Crippen LogP contribution in [0, 0.1) is 7.14 Å². The number of thiophene rings is 1. The fraction of sp³-hybridized carbons (Fsp3) is 0.500. The Hall–Kier alpha value is -1.21. The zero-order chi connectivity index (χ0) is 24.8. The molecule has 4 rings (SSSR count). The van der Waals surface area contributed by atoms with E-state index in [2.05, 4.69) is 50.5 Å². The zero-order valence-electron chi connectivity index (χ0n) is 19.8. The molecule has 1 aromatic carbocycles. The number of aliphatic imine (C=N–C) groups is 1. The van der Waals surface area contributed by atoms with Crippen LogP contribution in [0.1, 0.15) is 78.2 Å². The number of aryl methyl sites for hydroxylation is 1. The van der Waals surface area contributed by atoms with Gasteiger partial charge in [0.25, 0.3) is 5.91 Å². The van der Waals surface area contributed by atoms with E-state index in [0.717, 1.165) is 55.4 Å². The quantitative estimate of drug-likeness (QED) is 0.190. The molecule has 2 aliphatic rings. The average Bonchev–Trinajstić information content (AvgIpc) is 3.21. The molecule has 188 valence electrons. The number of hydrogen-bond donors (Lipinski definition) is 1. The number of hydrogen-bond acceptors (Lipinski definition) is 6. The molecule has 1 N–H and O–H groups in total. The molecular weight excluding hydrogens is 690 g/mol. The third-order valence-electron chi connectivity index (χ3n) is 6.31. The number of amides is 1. The van der Waals surface area contributed by atoms with Crippen LogP contribution in [0.4, 0.5) is 5.00 Å². The topological polar surface area (TPSA) is 77.0 Å². The predicted octanol–water partition coefficient (Wildman–Crippen LogP) is 6.59. The second kappa shape index (κ2) is 12.8. The highest BCUT2D eigenvalue weighted by molar-refractivity contribution is 14.1. The first kappa shape index (κ1) is 26.8. The van der Waals surface area contributed by atoms with E-state index in [9.17, 15) is 9.59 Å². The minimum atomic E-state index is -0.384. The third-order valence-corrected chi connectivity index (χ3v) is 9.11. The van der Waals surface area contributed by atoms with Crippen LogP contribution in [0.25, 0.3) is 0 Å². The zero-order valence-corrected chi connectivity index (χ0v) is 25.0. The fourth-order valence-corrected chi connectivity index (χ4v) is 8.00. The lowest BCUT2D eigenvalue weighted by atomic mass is 9.93. The molecule has 0 unspecified atom stereocenters. The van der Waals surface area contributed by atoms with Gasteiger partial charge in [-0.15, -0.1) is 11.3 Å². The summed E-state index contributed by atoms with van der Waals surface area (Å²) in [6, 6.07) is 4.22. The predicted molar refractivity (Wildman–Crippen MR) is 157 cm³/mol. The smallest absolute Gasteiger partial charge is 0.344 e. The van der Waals surface area contributed by atoms with Gasteiger partial charge in [-0.1, -0.05) is 19.3 Å². The molecule has 35 heavy (non-hydrogen) atoms. The van der Waals surface area contributed by atoms with Crippen LogP contribution in [0.2, 0.25) is 0 Å². The number of benzene rings is 1. The van der Waals surface area contributed by atoms with Gasteiger partial charge in [-0.05, 0) is 114 Å². The summed E-state index contributed by atoms with van der Waals surface area (Å²) in [7, 11) is 0. The van der Waals surface area contributed by atoms with Crippen LogP contribution in [-0.4, -0.2) is 37.3 Å². The Balaban J connectivity index is 1.55. The molecular formula is C26H30I2N2O4S. The Kier molecular flexibility index (Phi) is 9.85. The van der Waals surface area contributed by atoms with Crippen molar-refractivity contribution in [1.82, 2.24) is 5.32 Å². The maximum Gasteiger partial charge on any atom is 0.344 e. The van der Waals surface area contributed by atoms with Crippen LogP contribution >= 0.6 is 56.5 Å². The maximum absolute atomic E-state index is 13.4. The number of nitrogens with zero attached hydrogens (tertiary/aromatic N) is 1. The van der Waals surface area contributed by atoms with Gasteiger partial charge >= 0.3 is 5.97 Å². The van der Waals surface area contributed by atoms with Gasteiger partial charge in [-0.25, -0.2) is 9.79 Å². The summed E-state index contributed by atoms with van der Waals surface area (Å²) < 4.78 is 12.4. The van der Waals surface area contributed by atoms with Gasteiger partial charge in [0, 0.05) is 17.1 Å². The van der Waals surface area contributed by atoms with E-state index < -0.39 is 0 Å². The highest BCUT2D eigenvalue weighted by atomic mass is 127. The lowest BCUT2D eigenvalue weighted by Crippen LogP contribution is -2.36. The van der Waals surface area contributed by atoms with Crippen molar-refractivity contribution < 1.29 is 19.1 Å². The summed E-state index contributed by atoms with van der Waals surface area (Å²) >= 11 is 6.07. The van der Waals surface area contributed by atoms with E-state index in [4.69, 9.17) is 14.5 Å². The Bertz CT molecular complexity index is 1090. The number of esters is 1. The molecule has 0 saturated heterocycles. The van der Waals surface area contributed by atoms with Gasteiger partial charge in [0.2, 0.25) is 0 Å². The van der Waals surface area contributed by atoms with E-state index in [0.29, 0.717) is 12.4 Å². The van der Waals surface area contributed by atoms with E-state index >= 15 is 0 Å². The molecule has 1 heterocycles. The van der Waals surface area contributed by atoms with Crippen molar-refractivity contribution in [2.24, 2.45) is 4.99 Å². The summed E-state index contributed by atoms with van der Waals surface area (Å²) in [5, 5.41) is 4.11. The highest BCUT2D eigenvalue weighted by Crippen LogP contribution is 2.40. The largest absolute Gasteiger partial charge is 0.480 e. The molecule has 0 atom stereocenters. The SMILES string of the molecule is CCOC(=O)COc1c(I)cc(C=Nc2sc3c(c2C(=O)NC2CCCCC2)CCCC3)cc1I. The summed E-state index contributed by atoms with van der Waals surface area (Å²) in [5.74, 6) is 0.316. The molecule has 6 nitrogen and oxygen atoms in total. The number of carbonyl (C=O) groups is 2. The van der Waals surface area contributed by atoms with Crippen molar-refractivity contribution in [2.75, 3.05) is 13.2 Å². The summed E-state index contributed by atoms with van der Waals surface area (Å²) in [6.45, 7) is 1.99. The van der Waals surface area contributed by atoms with Crippen molar-refractivity contribution in [2.45, 2.75) is 70.8 Å². The fourth-order valence-electron chi connectivity index (χ4n) is 4.64. The Morgan fingerprint density at radius 1 is 1.11 bits per heavy atom. The average molecular weight is 720 g/mol. The second-order valence-corrected chi connectivity index (χ2v) is 12.3. The van der Waals surface area contributed by atoms with E-state index in [-0.39, 0.29) is 24.5 Å². The van der Waals surface area contributed by atoms with Gasteiger partial charge < -0.3 is 14.8 Å². The third kappa shape index (κ3) is 6.97. The first-order valence-electron chi connectivity index (χ1n) is 12.2. The van der Waals surface area contributed by atoms with E-state index in [1.54, 1.807) is 18.3 Å². The Morgan fingerprint density at radius 2 is 1.83 bits per heavy atom. The first-order chi connectivity index (χ1) is 17.0. The highest BCUT2D eigenvalue weighted by Gasteiger charge is 2.27. The van der Waals surface area contributed by atoms with Crippen molar-refractivity contribution in [3.8, 4) is 5.75 Å². The number of ether oxygens (including phenoxy) is 2. The Labute approximate surface area is 237 Å². The molecule has 0 bridgehead atoms. The number of carbonyl (C=O) groups excluding carboxylic acids is 2. The lowest BCUT2D eigenvalue weighted by molar-refractivity contribution is -0.145. The normalized spacial score (nSPS) is 16.2. The molecule has 1 fully saturated rings. The number of rotatable bonds is 8. The van der Waals surface area contributed by atoms with Crippen LogP contribution in [-0.2, 0) is 22.4 Å². The van der Waals surface area contributed by atoms with E-state index in [1.807, 2.05) is 18.3 Å². The first-order valence-corrected chi connectivity index (χ1v) is 15.2. The van der Waals surface area contributed by atoms with Crippen LogP contribution in [0.5, 0.6) is 5.75 Å². The molecule has 0 aliphatic heterocycles. The minimum absolute atomic E-state index is 0.0373. The van der Waals surface area contributed by atoms with Crippen molar-refractivity contribution in [3.63, 3.8) is 0 Å². The molecule has 0 radical (unpaired) electrons. The second-order valence-electron chi connectivity index (χ2n) is 8.87.